The smallest absolute Gasteiger partial charge is 0.213 e. The summed E-state index contributed by atoms with van der Waals surface area (Å²) in [6, 6.07) is 4.11. The third-order valence-corrected chi connectivity index (χ3v) is 4.06. The van der Waals surface area contributed by atoms with Crippen molar-refractivity contribution in [2.24, 2.45) is 0 Å². The van der Waals surface area contributed by atoms with E-state index in [1.54, 1.807) is 0 Å². The Morgan fingerprint density at radius 3 is 2.48 bits per heavy atom. The first-order chi connectivity index (χ1) is 10.6. The van der Waals surface area contributed by atoms with Gasteiger partial charge in [-0.15, -0.1) is 0 Å². The predicted octanol–water partition coefficient (Wildman–Crippen LogP) is 3.65. The van der Waals surface area contributed by atoms with Crippen molar-refractivity contribution in [3.63, 3.8) is 0 Å². The first-order valence-corrected chi connectivity index (χ1v) is 8.63. The summed E-state index contributed by atoms with van der Waals surface area (Å²) in [5.41, 5.74) is 1.30. The summed E-state index contributed by atoms with van der Waals surface area (Å²) >= 11 is 0. The average molecular weight is 320 g/mol. The molecule has 0 saturated carbocycles. The molecule has 0 aliphatic carbocycles. The van der Waals surface area contributed by atoms with Crippen LogP contribution in [0, 0.1) is 0 Å². The fourth-order valence-electron chi connectivity index (χ4n) is 2.64. The Labute approximate surface area is 141 Å². The lowest BCUT2D eigenvalue weighted by Gasteiger charge is -2.22. The highest BCUT2D eigenvalue weighted by Gasteiger charge is 2.24. The SMILES string of the molecule is CC(C)(C)OCCN1CCC(Oc2ccc(C(C)(C)C)cn2)C1. The third kappa shape index (κ3) is 6.11. The molecule has 0 aromatic carbocycles. The molecule has 4 nitrogen and oxygen atoms in total. The second-order valence-electron chi connectivity index (χ2n) is 8.43. The first-order valence-electron chi connectivity index (χ1n) is 8.63. The Hall–Kier alpha value is -1.13. The van der Waals surface area contributed by atoms with Crippen LogP contribution >= 0.6 is 0 Å². The van der Waals surface area contributed by atoms with Gasteiger partial charge in [-0.3, -0.25) is 4.90 Å². The van der Waals surface area contributed by atoms with Gasteiger partial charge in [0.2, 0.25) is 5.88 Å². The summed E-state index contributed by atoms with van der Waals surface area (Å²) in [5.74, 6) is 0.732. The van der Waals surface area contributed by atoms with Crippen LogP contribution < -0.4 is 4.74 Å². The van der Waals surface area contributed by atoms with E-state index in [0.29, 0.717) is 0 Å². The summed E-state index contributed by atoms with van der Waals surface area (Å²) in [6.45, 7) is 16.6. The van der Waals surface area contributed by atoms with Gasteiger partial charge in [0.25, 0.3) is 0 Å². The third-order valence-electron chi connectivity index (χ3n) is 4.06. The number of rotatable bonds is 5. The van der Waals surface area contributed by atoms with E-state index in [-0.39, 0.29) is 17.1 Å². The van der Waals surface area contributed by atoms with Crippen molar-refractivity contribution in [2.75, 3.05) is 26.2 Å². The number of hydrogen-bond donors (Lipinski definition) is 0. The number of hydrogen-bond acceptors (Lipinski definition) is 4. The minimum atomic E-state index is -0.0612. The molecule has 0 N–H and O–H groups in total. The number of likely N-dealkylation sites (tertiary alicyclic amines) is 1. The second-order valence-corrected chi connectivity index (χ2v) is 8.43. The summed E-state index contributed by atoms with van der Waals surface area (Å²) in [4.78, 5) is 6.87. The van der Waals surface area contributed by atoms with Crippen molar-refractivity contribution in [3.05, 3.63) is 23.9 Å². The maximum Gasteiger partial charge on any atom is 0.213 e. The summed E-state index contributed by atoms with van der Waals surface area (Å²) in [6.07, 6.45) is 3.22. The minimum Gasteiger partial charge on any atom is -0.473 e. The van der Waals surface area contributed by atoms with Crippen LogP contribution in [0.25, 0.3) is 0 Å². The van der Waals surface area contributed by atoms with E-state index in [1.807, 2.05) is 12.3 Å². The molecule has 1 fully saturated rings. The topological polar surface area (TPSA) is 34.6 Å². The average Bonchev–Trinajstić information content (AvgIpc) is 2.84. The van der Waals surface area contributed by atoms with E-state index in [1.165, 1.54) is 5.56 Å². The quantitative estimate of drug-likeness (QED) is 0.829. The zero-order valence-corrected chi connectivity index (χ0v) is 15.6. The molecule has 1 atom stereocenters. The van der Waals surface area contributed by atoms with E-state index in [4.69, 9.17) is 9.47 Å². The van der Waals surface area contributed by atoms with E-state index in [0.717, 1.165) is 38.5 Å². The molecule has 1 unspecified atom stereocenters. The monoisotopic (exact) mass is 320 g/mol. The zero-order chi connectivity index (χ0) is 17.1. The Bertz CT molecular complexity index is 486. The predicted molar refractivity (Wildman–Crippen MR) is 94.1 cm³/mol. The molecule has 4 heteroatoms. The molecule has 0 bridgehead atoms. The van der Waals surface area contributed by atoms with Gasteiger partial charge in [-0.2, -0.15) is 0 Å². The zero-order valence-electron chi connectivity index (χ0n) is 15.6. The van der Waals surface area contributed by atoms with Gasteiger partial charge in [0, 0.05) is 31.9 Å². The van der Waals surface area contributed by atoms with Crippen LogP contribution in [-0.2, 0) is 10.2 Å². The largest absolute Gasteiger partial charge is 0.473 e. The molecule has 0 radical (unpaired) electrons. The first kappa shape index (κ1) is 18.2. The molecule has 1 aromatic heterocycles. The van der Waals surface area contributed by atoms with Crippen LogP contribution in [-0.4, -0.2) is 47.8 Å². The summed E-state index contributed by atoms with van der Waals surface area (Å²) in [5, 5.41) is 0. The lowest BCUT2D eigenvalue weighted by atomic mass is 9.88. The molecule has 1 aromatic rings. The van der Waals surface area contributed by atoms with Crippen molar-refractivity contribution >= 4 is 0 Å². The van der Waals surface area contributed by atoms with Gasteiger partial charge in [-0.25, -0.2) is 4.98 Å². The van der Waals surface area contributed by atoms with Gasteiger partial charge in [0.05, 0.1) is 12.2 Å². The maximum absolute atomic E-state index is 6.03. The van der Waals surface area contributed by atoms with Crippen LogP contribution in [0.4, 0.5) is 0 Å². The molecule has 0 amide bonds. The molecule has 23 heavy (non-hydrogen) atoms. The molecule has 1 aliphatic heterocycles. The van der Waals surface area contributed by atoms with Crippen LogP contribution in [0.3, 0.4) is 0 Å². The van der Waals surface area contributed by atoms with Crippen LogP contribution in [0.15, 0.2) is 18.3 Å². The van der Waals surface area contributed by atoms with Gasteiger partial charge < -0.3 is 9.47 Å². The number of aromatic nitrogens is 1. The summed E-state index contributed by atoms with van der Waals surface area (Å²) in [7, 11) is 0. The van der Waals surface area contributed by atoms with E-state index >= 15 is 0 Å². The van der Waals surface area contributed by atoms with Crippen LogP contribution in [0.5, 0.6) is 5.88 Å². The molecule has 1 aliphatic rings. The van der Waals surface area contributed by atoms with Gasteiger partial charge in [0.15, 0.2) is 0 Å². The Kier molecular flexibility index (Phi) is 5.69. The van der Waals surface area contributed by atoms with E-state index < -0.39 is 0 Å². The van der Waals surface area contributed by atoms with Crippen molar-refractivity contribution < 1.29 is 9.47 Å². The van der Waals surface area contributed by atoms with Gasteiger partial charge >= 0.3 is 0 Å². The van der Waals surface area contributed by atoms with Crippen molar-refractivity contribution in [3.8, 4) is 5.88 Å². The van der Waals surface area contributed by atoms with Crippen LogP contribution in [0.2, 0.25) is 0 Å². The van der Waals surface area contributed by atoms with E-state index in [9.17, 15) is 0 Å². The molecule has 2 rings (SSSR count). The van der Waals surface area contributed by atoms with E-state index in [2.05, 4.69) is 57.5 Å². The maximum atomic E-state index is 6.03. The highest BCUT2D eigenvalue weighted by atomic mass is 16.5. The molecular formula is C19H32N2O2. The fraction of sp³-hybridized carbons (Fsp3) is 0.737. The summed E-state index contributed by atoms with van der Waals surface area (Å²) < 4.78 is 11.8. The Morgan fingerprint density at radius 2 is 1.91 bits per heavy atom. The number of nitrogens with zero attached hydrogens (tertiary/aromatic N) is 2. The molecule has 2 heterocycles. The Balaban J connectivity index is 1.77. The highest BCUT2D eigenvalue weighted by molar-refractivity contribution is 5.23. The van der Waals surface area contributed by atoms with Gasteiger partial charge in [0.1, 0.15) is 6.10 Å². The van der Waals surface area contributed by atoms with Crippen molar-refractivity contribution in [1.29, 1.82) is 0 Å². The Morgan fingerprint density at radius 1 is 1.17 bits per heavy atom. The van der Waals surface area contributed by atoms with Crippen LogP contribution in [0.1, 0.15) is 53.5 Å². The number of pyridine rings is 1. The molecule has 1 saturated heterocycles. The van der Waals surface area contributed by atoms with Crippen molar-refractivity contribution in [1.82, 2.24) is 9.88 Å². The lowest BCUT2D eigenvalue weighted by Crippen LogP contribution is -2.31. The standard InChI is InChI=1S/C19H32N2O2/c1-18(2,3)15-7-8-17(20-13-15)23-16-9-10-21(14-16)11-12-22-19(4,5)6/h7-8,13,16H,9-12,14H2,1-6H3. The van der Waals surface area contributed by atoms with Gasteiger partial charge in [-0.05, 0) is 38.2 Å². The minimum absolute atomic E-state index is 0.0612. The highest BCUT2D eigenvalue weighted by Crippen LogP contribution is 2.23. The lowest BCUT2D eigenvalue weighted by molar-refractivity contribution is -0.0116. The van der Waals surface area contributed by atoms with Crippen molar-refractivity contribution in [2.45, 2.75) is 65.1 Å². The van der Waals surface area contributed by atoms with Gasteiger partial charge in [-0.1, -0.05) is 26.8 Å². The normalized spacial score (nSPS) is 20.0. The molecule has 0 spiro atoms. The molecule has 130 valence electrons. The molecular weight excluding hydrogens is 288 g/mol. The number of ether oxygens (including phenoxy) is 2. The fourth-order valence-corrected chi connectivity index (χ4v) is 2.64. The second kappa shape index (κ2) is 7.18.